The summed E-state index contributed by atoms with van der Waals surface area (Å²) in [7, 11) is 0. The van der Waals surface area contributed by atoms with Gasteiger partial charge in [-0.15, -0.1) is 10.2 Å². The number of pyridine rings is 1. The summed E-state index contributed by atoms with van der Waals surface area (Å²) < 4.78 is 0. The second kappa shape index (κ2) is 4.78. The molecule has 0 bridgehead atoms. The number of anilines is 1. The summed E-state index contributed by atoms with van der Waals surface area (Å²) in [6, 6.07) is 3.64. The molecule has 7 nitrogen and oxygen atoms in total. The van der Waals surface area contributed by atoms with E-state index in [1.807, 2.05) is 6.07 Å². The predicted octanol–water partition coefficient (Wildman–Crippen LogP) is 0.00590. The third-order valence-corrected chi connectivity index (χ3v) is 1.64. The summed E-state index contributed by atoms with van der Waals surface area (Å²) >= 11 is 0. The molecule has 0 radical (unpaired) electrons. The van der Waals surface area contributed by atoms with Gasteiger partial charge in [-0.1, -0.05) is 6.07 Å². The molecule has 0 spiro atoms. The van der Waals surface area contributed by atoms with E-state index in [4.69, 9.17) is 0 Å². The van der Waals surface area contributed by atoms with Crippen molar-refractivity contribution in [2.24, 2.45) is 5.10 Å². The SMILES string of the molecule is O=c1cnnc(N/N=C\c2cccnc2)[nH]1. The van der Waals surface area contributed by atoms with Crippen LogP contribution in [-0.2, 0) is 0 Å². The second-order valence-electron chi connectivity index (χ2n) is 2.84. The number of aromatic nitrogens is 4. The van der Waals surface area contributed by atoms with Crippen LogP contribution in [0.3, 0.4) is 0 Å². The molecule has 0 atom stereocenters. The third-order valence-electron chi connectivity index (χ3n) is 1.64. The minimum absolute atomic E-state index is 0.188. The molecular formula is C9H8N6O. The summed E-state index contributed by atoms with van der Waals surface area (Å²) in [4.78, 5) is 17.2. The fourth-order valence-corrected chi connectivity index (χ4v) is 0.984. The first kappa shape index (κ1) is 9.97. The Hall–Kier alpha value is -2.57. The van der Waals surface area contributed by atoms with Gasteiger partial charge in [0.2, 0.25) is 5.95 Å². The highest BCUT2D eigenvalue weighted by Crippen LogP contribution is 1.92. The summed E-state index contributed by atoms with van der Waals surface area (Å²) in [6.07, 6.45) is 5.96. The Morgan fingerprint density at radius 2 is 2.38 bits per heavy atom. The van der Waals surface area contributed by atoms with E-state index in [0.29, 0.717) is 0 Å². The molecule has 16 heavy (non-hydrogen) atoms. The standard InChI is InChI=1S/C9H8N6O/c16-8-6-12-15-9(13-8)14-11-5-7-2-1-3-10-4-7/h1-6H,(H2,13,14,15,16)/b11-5-. The molecule has 2 aromatic rings. The van der Waals surface area contributed by atoms with Gasteiger partial charge in [0.15, 0.2) is 0 Å². The molecule has 0 aromatic carbocycles. The van der Waals surface area contributed by atoms with Crippen molar-refractivity contribution in [2.75, 3.05) is 5.43 Å². The van der Waals surface area contributed by atoms with Crippen molar-refractivity contribution in [1.29, 1.82) is 0 Å². The molecule has 0 amide bonds. The van der Waals surface area contributed by atoms with Gasteiger partial charge >= 0.3 is 0 Å². The van der Waals surface area contributed by atoms with E-state index in [1.165, 1.54) is 0 Å². The molecule has 0 saturated carbocycles. The fourth-order valence-electron chi connectivity index (χ4n) is 0.984. The number of aromatic amines is 1. The molecule has 0 fully saturated rings. The van der Waals surface area contributed by atoms with Crippen LogP contribution in [-0.4, -0.2) is 26.4 Å². The highest BCUT2D eigenvalue weighted by atomic mass is 16.1. The Morgan fingerprint density at radius 3 is 3.12 bits per heavy atom. The lowest BCUT2D eigenvalue weighted by molar-refractivity contribution is 0.939. The summed E-state index contributed by atoms with van der Waals surface area (Å²) in [5.74, 6) is 0.188. The number of hydrogen-bond donors (Lipinski definition) is 2. The highest BCUT2D eigenvalue weighted by molar-refractivity contribution is 5.79. The van der Waals surface area contributed by atoms with Crippen LogP contribution in [0.2, 0.25) is 0 Å². The quantitative estimate of drug-likeness (QED) is 0.556. The zero-order chi connectivity index (χ0) is 11.2. The van der Waals surface area contributed by atoms with E-state index >= 15 is 0 Å². The van der Waals surface area contributed by atoms with Crippen LogP contribution in [0.25, 0.3) is 0 Å². The molecule has 80 valence electrons. The van der Waals surface area contributed by atoms with E-state index in [9.17, 15) is 4.79 Å². The predicted molar refractivity (Wildman–Crippen MR) is 58.1 cm³/mol. The lowest BCUT2D eigenvalue weighted by Gasteiger charge is -1.95. The molecule has 2 N–H and O–H groups in total. The van der Waals surface area contributed by atoms with Crippen LogP contribution in [0.15, 0.2) is 40.6 Å². The van der Waals surface area contributed by atoms with Gasteiger partial charge in [-0.3, -0.25) is 14.8 Å². The molecule has 2 aromatic heterocycles. The molecule has 0 unspecified atom stereocenters. The maximum atomic E-state index is 10.9. The minimum Gasteiger partial charge on any atom is -0.289 e. The Labute approximate surface area is 90.3 Å². The smallest absolute Gasteiger partial charge is 0.271 e. The lowest BCUT2D eigenvalue weighted by atomic mass is 10.3. The summed E-state index contributed by atoms with van der Waals surface area (Å²) in [5, 5.41) is 11.0. The van der Waals surface area contributed by atoms with Gasteiger partial charge in [0.1, 0.15) is 6.20 Å². The van der Waals surface area contributed by atoms with Gasteiger partial charge in [-0.25, -0.2) is 5.43 Å². The van der Waals surface area contributed by atoms with Crippen molar-refractivity contribution >= 4 is 12.2 Å². The number of hydrazone groups is 1. The molecular weight excluding hydrogens is 208 g/mol. The van der Waals surface area contributed by atoms with Crippen molar-refractivity contribution in [1.82, 2.24) is 20.2 Å². The number of H-pyrrole nitrogens is 1. The van der Waals surface area contributed by atoms with Crippen molar-refractivity contribution in [3.05, 3.63) is 46.6 Å². The first-order valence-corrected chi connectivity index (χ1v) is 4.46. The minimum atomic E-state index is -0.339. The Balaban J connectivity index is 2.03. The monoisotopic (exact) mass is 216 g/mol. The summed E-state index contributed by atoms with van der Waals surface area (Å²) in [5.41, 5.74) is 3.04. The van der Waals surface area contributed by atoms with Crippen molar-refractivity contribution < 1.29 is 0 Å². The number of rotatable bonds is 3. The van der Waals surface area contributed by atoms with Gasteiger partial charge < -0.3 is 0 Å². The molecule has 0 aliphatic rings. The zero-order valence-corrected chi connectivity index (χ0v) is 8.16. The molecule has 2 heterocycles. The molecule has 2 rings (SSSR count). The highest BCUT2D eigenvalue weighted by Gasteiger charge is 1.91. The maximum Gasteiger partial charge on any atom is 0.271 e. The van der Waals surface area contributed by atoms with Crippen LogP contribution < -0.4 is 11.0 Å². The number of hydrogen-bond acceptors (Lipinski definition) is 6. The van der Waals surface area contributed by atoms with Crippen LogP contribution >= 0.6 is 0 Å². The molecule has 0 aliphatic heterocycles. The van der Waals surface area contributed by atoms with Gasteiger partial charge in [0.05, 0.1) is 6.21 Å². The van der Waals surface area contributed by atoms with E-state index in [0.717, 1.165) is 11.8 Å². The van der Waals surface area contributed by atoms with Crippen LogP contribution in [0.5, 0.6) is 0 Å². The first-order chi connectivity index (χ1) is 7.84. The van der Waals surface area contributed by atoms with Crippen LogP contribution in [0, 0.1) is 0 Å². The van der Waals surface area contributed by atoms with E-state index < -0.39 is 0 Å². The third kappa shape index (κ3) is 2.71. The Morgan fingerprint density at radius 1 is 1.44 bits per heavy atom. The van der Waals surface area contributed by atoms with Gasteiger partial charge in [0, 0.05) is 18.0 Å². The first-order valence-electron chi connectivity index (χ1n) is 4.46. The van der Waals surface area contributed by atoms with Crippen molar-refractivity contribution in [2.45, 2.75) is 0 Å². The Kier molecular flexibility index (Phi) is 2.98. The largest absolute Gasteiger partial charge is 0.289 e. The van der Waals surface area contributed by atoms with Crippen LogP contribution in [0.1, 0.15) is 5.56 Å². The van der Waals surface area contributed by atoms with E-state index in [-0.39, 0.29) is 11.5 Å². The van der Waals surface area contributed by atoms with Crippen molar-refractivity contribution in [3.8, 4) is 0 Å². The van der Waals surface area contributed by atoms with E-state index in [1.54, 1.807) is 24.7 Å². The zero-order valence-electron chi connectivity index (χ0n) is 8.16. The fraction of sp³-hybridized carbons (Fsp3) is 0. The average molecular weight is 216 g/mol. The normalized spacial score (nSPS) is 10.5. The number of nitrogens with zero attached hydrogens (tertiary/aromatic N) is 4. The molecule has 0 saturated heterocycles. The number of nitrogens with one attached hydrogen (secondary N) is 2. The van der Waals surface area contributed by atoms with E-state index in [2.05, 4.69) is 30.7 Å². The van der Waals surface area contributed by atoms with Gasteiger partial charge in [-0.2, -0.15) is 5.10 Å². The second-order valence-corrected chi connectivity index (χ2v) is 2.84. The molecule has 7 heteroatoms. The summed E-state index contributed by atoms with van der Waals surface area (Å²) in [6.45, 7) is 0. The van der Waals surface area contributed by atoms with Gasteiger partial charge in [-0.05, 0) is 6.07 Å². The van der Waals surface area contributed by atoms with Crippen LogP contribution in [0.4, 0.5) is 5.95 Å². The Bertz CT molecular complexity index is 535. The maximum absolute atomic E-state index is 10.9. The van der Waals surface area contributed by atoms with Crippen molar-refractivity contribution in [3.63, 3.8) is 0 Å². The molecule has 0 aliphatic carbocycles. The van der Waals surface area contributed by atoms with Gasteiger partial charge in [0.25, 0.3) is 5.56 Å². The lowest BCUT2D eigenvalue weighted by Crippen LogP contribution is -2.10. The topological polar surface area (TPSA) is 95.9 Å². The average Bonchev–Trinajstić information content (AvgIpc) is 2.30.